The van der Waals surface area contributed by atoms with Crippen molar-refractivity contribution in [1.82, 2.24) is 10.2 Å². The lowest BCUT2D eigenvalue weighted by Gasteiger charge is -2.21. The molecule has 0 atom stereocenters. The van der Waals surface area contributed by atoms with E-state index in [1.54, 1.807) is 0 Å². The van der Waals surface area contributed by atoms with E-state index in [1.807, 2.05) is 12.2 Å². The second-order valence-electron chi connectivity index (χ2n) is 3.68. The van der Waals surface area contributed by atoms with Crippen LogP contribution in [-0.2, 0) is 4.79 Å². The Kier molecular flexibility index (Phi) is 7.90. The van der Waals surface area contributed by atoms with Crippen molar-refractivity contribution in [2.24, 2.45) is 0 Å². The molecule has 7 heteroatoms. The Morgan fingerprint density at radius 2 is 2.00 bits per heavy atom. The third kappa shape index (κ3) is 8.93. The van der Waals surface area contributed by atoms with E-state index in [1.165, 1.54) is 4.90 Å². The van der Waals surface area contributed by atoms with Crippen molar-refractivity contribution in [2.75, 3.05) is 32.8 Å². The first-order chi connectivity index (χ1) is 7.90. The summed E-state index contributed by atoms with van der Waals surface area (Å²) in [6.07, 6.45) is -2.66. The van der Waals surface area contributed by atoms with Gasteiger partial charge in [-0.05, 0) is 6.42 Å². The van der Waals surface area contributed by atoms with Crippen molar-refractivity contribution in [2.45, 2.75) is 25.9 Å². The number of carbonyl (C=O) groups excluding carboxylic acids is 1. The van der Waals surface area contributed by atoms with E-state index < -0.39 is 18.6 Å². The van der Waals surface area contributed by atoms with Gasteiger partial charge in [0.2, 0.25) is 5.91 Å². The first-order valence-electron chi connectivity index (χ1n) is 5.56. The van der Waals surface area contributed by atoms with Crippen LogP contribution in [0.5, 0.6) is 0 Å². The summed E-state index contributed by atoms with van der Waals surface area (Å²) in [5, 5.41) is 10.8. The molecule has 0 aliphatic rings. The van der Waals surface area contributed by atoms with Crippen molar-refractivity contribution < 1.29 is 23.1 Å². The predicted molar refractivity (Wildman–Crippen MR) is 57.5 cm³/mol. The minimum absolute atomic E-state index is 0.159. The Bertz CT molecular complexity index is 222. The molecule has 0 aliphatic carbocycles. The number of unbranched alkanes of at least 4 members (excludes halogenated alkanes) is 1. The lowest BCUT2D eigenvalue weighted by molar-refractivity contribution is -0.134. The molecule has 0 saturated carbocycles. The fourth-order valence-corrected chi connectivity index (χ4v) is 1.25. The van der Waals surface area contributed by atoms with Crippen molar-refractivity contribution >= 4 is 5.91 Å². The van der Waals surface area contributed by atoms with Crippen LogP contribution in [0.1, 0.15) is 19.8 Å². The van der Waals surface area contributed by atoms with Gasteiger partial charge in [0, 0.05) is 13.1 Å². The largest absolute Gasteiger partial charge is 0.401 e. The fraction of sp³-hybridized carbons (Fsp3) is 0.900. The molecule has 0 aromatic rings. The van der Waals surface area contributed by atoms with Gasteiger partial charge in [-0.3, -0.25) is 4.79 Å². The Morgan fingerprint density at radius 1 is 1.35 bits per heavy atom. The SMILES string of the molecule is CCCCN(CCO)C(=O)CNCC(F)(F)F. The summed E-state index contributed by atoms with van der Waals surface area (Å²) in [5.41, 5.74) is 0. The number of rotatable bonds is 8. The minimum atomic E-state index is -4.31. The van der Waals surface area contributed by atoms with E-state index in [-0.39, 0.29) is 19.7 Å². The van der Waals surface area contributed by atoms with E-state index in [4.69, 9.17) is 5.11 Å². The van der Waals surface area contributed by atoms with Gasteiger partial charge < -0.3 is 15.3 Å². The average Bonchev–Trinajstić information content (AvgIpc) is 2.22. The number of hydrogen-bond acceptors (Lipinski definition) is 3. The molecule has 0 bridgehead atoms. The van der Waals surface area contributed by atoms with Crippen LogP contribution in [0.2, 0.25) is 0 Å². The Hall–Kier alpha value is -0.820. The van der Waals surface area contributed by atoms with Crippen LogP contribution < -0.4 is 5.32 Å². The molecule has 0 rings (SSSR count). The molecule has 0 radical (unpaired) electrons. The Labute approximate surface area is 98.8 Å². The molecule has 0 aromatic carbocycles. The third-order valence-corrected chi connectivity index (χ3v) is 2.11. The summed E-state index contributed by atoms with van der Waals surface area (Å²) in [6.45, 7) is 0.844. The van der Waals surface area contributed by atoms with Crippen LogP contribution >= 0.6 is 0 Å². The van der Waals surface area contributed by atoms with Crippen molar-refractivity contribution in [3.8, 4) is 0 Å². The molecular weight excluding hydrogens is 237 g/mol. The zero-order valence-electron chi connectivity index (χ0n) is 9.89. The van der Waals surface area contributed by atoms with Crippen molar-refractivity contribution in [1.29, 1.82) is 0 Å². The van der Waals surface area contributed by atoms with Crippen LogP contribution in [0, 0.1) is 0 Å². The number of halogens is 3. The highest BCUT2D eigenvalue weighted by Crippen LogP contribution is 2.11. The molecule has 102 valence electrons. The summed E-state index contributed by atoms with van der Waals surface area (Å²) in [7, 11) is 0. The molecule has 17 heavy (non-hydrogen) atoms. The summed E-state index contributed by atoms with van der Waals surface area (Å²) >= 11 is 0. The molecule has 4 nitrogen and oxygen atoms in total. The van der Waals surface area contributed by atoms with Gasteiger partial charge in [-0.1, -0.05) is 13.3 Å². The van der Waals surface area contributed by atoms with E-state index >= 15 is 0 Å². The standard InChI is InChI=1S/C10H19F3N2O2/c1-2-3-4-15(5-6-16)9(17)7-14-8-10(11,12)13/h14,16H,2-8H2,1H3. The monoisotopic (exact) mass is 256 g/mol. The molecule has 2 N–H and O–H groups in total. The van der Waals surface area contributed by atoms with E-state index in [9.17, 15) is 18.0 Å². The molecule has 0 spiro atoms. The molecule has 0 aliphatic heterocycles. The van der Waals surface area contributed by atoms with Crippen LogP contribution in [0.25, 0.3) is 0 Å². The van der Waals surface area contributed by atoms with Gasteiger partial charge in [0.15, 0.2) is 0 Å². The molecule has 0 unspecified atom stereocenters. The maximum atomic E-state index is 11.8. The number of nitrogens with zero attached hydrogens (tertiary/aromatic N) is 1. The second-order valence-corrected chi connectivity index (χ2v) is 3.68. The summed E-state index contributed by atoms with van der Waals surface area (Å²) in [6, 6.07) is 0. The van der Waals surface area contributed by atoms with Gasteiger partial charge in [0.05, 0.1) is 19.7 Å². The number of hydrogen-bond donors (Lipinski definition) is 2. The number of aliphatic hydroxyl groups excluding tert-OH is 1. The van der Waals surface area contributed by atoms with Gasteiger partial charge in [0.25, 0.3) is 0 Å². The number of carbonyl (C=O) groups is 1. The smallest absolute Gasteiger partial charge is 0.395 e. The molecule has 0 heterocycles. The molecule has 1 amide bonds. The first-order valence-corrected chi connectivity index (χ1v) is 5.56. The van der Waals surface area contributed by atoms with Gasteiger partial charge in [-0.15, -0.1) is 0 Å². The molecule has 0 saturated heterocycles. The predicted octanol–water partition coefficient (Wildman–Crippen LogP) is 0.759. The van der Waals surface area contributed by atoms with Crippen LogP contribution in [0.15, 0.2) is 0 Å². The van der Waals surface area contributed by atoms with Crippen LogP contribution in [0.4, 0.5) is 13.2 Å². The Morgan fingerprint density at radius 3 is 2.47 bits per heavy atom. The number of aliphatic hydroxyl groups is 1. The lowest BCUT2D eigenvalue weighted by Crippen LogP contribution is -2.42. The number of nitrogens with one attached hydrogen (secondary N) is 1. The summed E-state index contributed by atoms with van der Waals surface area (Å²) in [5.74, 6) is -0.420. The van der Waals surface area contributed by atoms with Crippen molar-refractivity contribution in [3.05, 3.63) is 0 Å². The first kappa shape index (κ1) is 16.2. The Balaban J connectivity index is 3.96. The third-order valence-electron chi connectivity index (χ3n) is 2.11. The van der Waals surface area contributed by atoms with E-state index in [0.717, 1.165) is 12.8 Å². The molecule has 0 fully saturated rings. The summed E-state index contributed by atoms with van der Waals surface area (Å²) in [4.78, 5) is 12.9. The zero-order valence-corrected chi connectivity index (χ0v) is 9.89. The van der Waals surface area contributed by atoms with Crippen LogP contribution in [-0.4, -0.2) is 54.9 Å². The highest BCUT2D eigenvalue weighted by atomic mass is 19.4. The van der Waals surface area contributed by atoms with Gasteiger partial charge in [-0.2, -0.15) is 13.2 Å². The van der Waals surface area contributed by atoms with Crippen molar-refractivity contribution in [3.63, 3.8) is 0 Å². The van der Waals surface area contributed by atoms with E-state index in [2.05, 4.69) is 0 Å². The van der Waals surface area contributed by atoms with Gasteiger partial charge in [-0.25, -0.2) is 0 Å². The molecular formula is C10H19F3N2O2. The molecule has 0 aromatic heterocycles. The van der Waals surface area contributed by atoms with Gasteiger partial charge >= 0.3 is 6.18 Å². The maximum Gasteiger partial charge on any atom is 0.401 e. The topological polar surface area (TPSA) is 52.6 Å². The van der Waals surface area contributed by atoms with Crippen LogP contribution in [0.3, 0.4) is 0 Å². The number of alkyl halides is 3. The minimum Gasteiger partial charge on any atom is -0.395 e. The highest BCUT2D eigenvalue weighted by Gasteiger charge is 2.26. The van der Waals surface area contributed by atoms with Gasteiger partial charge in [0.1, 0.15) is 0 Å². The quantitative estimate of drug-likeness (QED) is 0.674. The average molecular weight is 256 g/mol. The maximum absolute atomic E-state index is 11.8. The second kappa shape index (κ2) is 8.30. The van der Waals surface area contributed by atoms with E-state index in [0.29, 0.717) is 6.54 Å². The highest BCUT2D eigenvalue weighted by molar-refractivity contribution is 5.78. The fourth-order valence-electron chi connectivity index (χ4n) is 1.25. The normalized spacial score (nSPS) is 11.6. The lowest BCUT2D eigenvalue weighted by atomic mass is 10.3. The number of amides is 1. The summed E-state index contributed by atoms with van der Waals surface area (Å²) < 4.78 is 35.5. The zero-order chi connectivity index (χ0) is 13.3.